The summed E-state index contributed by atoms with van der Waals surface area (Å²) < 4.78 is 5.07. The summed E-state index contributed by atoms with van der Waals surface area (Å²) >= 11 is 0. The number of carbonyl (C=O) groups excluding carboxylic acids is 1. The fourth-order valence-electron chi connectivity index (χ4n) is 2.95. The smallest absolute Gasteiger partial charge is 0.320 e. The number of aromatic nitrogens is 4. The molecule has 0 atom stereocenters. The minimum atomic E-state index is -0.140. The van der Waals surface area contributed by atoms with Crippen LogP contribution >= 0.6 is 0 Å². The number of carbonyl (C=O) groups is 1. The molecule has 0 aliphatic carbocycles. The van der Waals surface area contributed by atoms with E-state index in [1.54, 1.807) is 4.80 Å². The van der Waals surface area contributed by atoms with Gasteiger partial charge >= 0.3 is 5.97 Å². The molecule has 0 fully saturated rings. The first-order valence-corrected chi connectivity index (χ1v) is 9.79. The van der Waals surface area contributed by atoms with Gasteiger partial charge in [-0.25, -0.2) is 0 Å². The van der Waals surface area contributed by atoms with Crippen molar-refractivity contribution in [3.63, 3.8) is 0 Å². The van der Waals surface area contributed by atoms with Crippen molar-refractivity contribution in [3.8, 4) is 11.4 Å². The molecule has 0 radical (unpaired) electrons. The highest BCUT2D eigenvalue weighted by Crippen LogP contribution is 2.12. The van der Waals surface area contributed by atoms with Gasteiger partial charge in [0, 0.05) is 12.1 Å². The SMILES string of the molecule is CCOC(=O)CN(CCCCCn1nnc(-c2ccccc2)n1)CC(C)C. The molecule has 2 aromatic rings. The molecule has 1 heterocycles. The van der Waals surface area contributed by atoms with Crippen LogP contribution in [0.4, 0.5) is 0 Å². The molecule has 0 spiro atoms. The molecule has 27 heavy (non-hydrogen) atoms. The van der Waals surface area contributed by atoms with E-state index in [1.165, 1.54) is 0 Å². The average Bonchev–Trinajstić information content (AvgIpc) is 3.10. The third-order valence-electron chi connectivity index (χ3n) is 4.10. The number of nitrogens with zero attached hydrogens (tertiary/aromatic N) is 5. The predicted molar refractivity (Wildman–Crippen MR) is 105 cm³/mol. The first-order chi connectivity index (χ1) is 13.1. The van der Waals surface area contributed by atoms with Crippen molar-refractivity contribution in [3.05, 3.63) is 30.3 Å². The standard InChI is InChI=1S/C20H31N5O2/c1-4-27-19(26)16-24(15-17(2)3)13-9-6-10-14-25-22-20(21-23-25)18-11-7-5-8-12-18/h5,7-8,11-12,17H,4,6,9-10,13-16H2,1-3H3. The number of unbranched alkanes of at least 4 members (excludes halogenated alkanes) is 2. The van der Waals surface area contributed by atoms with Crippen LogP contribution in [-0.4, -0.2) is 57.3 Å². The Balaban J connectivity index is 1.70. The Hall–Kier alpha value is -2.28. The van der Waals surface area contributed by atoms with Crippen LogP contribution in [0.25, 0.3) is 11.4 Å². The van der Waals surface area contributed by atoms with Crippen molar-refractivity contribution in [2.45, 2.75) is 46.6 Å². The van der Waals surface area contributed by atoms with Gasteiger partial charge in [0.2, 0.25) is 5.82 Å². The molecule has 1 aromatic carbocycles. The Morgan fingerprint density at radius 1 is 1.19 bits per heavy atom. The molecule has 0 unspecified atom stereocenters. The Bertz CT molecular complexity index is 672. The molecule has 0 N–H and O–H groups in total. The van der Waals surface area contributed by atoms with Crippen LogP contribution in [0, 0.1) is 5.92 Å². The van der Waals surface area contributed by atoms with E-state index in [9.17, 15) is 4.79 Å². The van der Waals surface area contributed by atoms with Gasteiger partial charge in [-0.05, 0) is 37.4 Å². The molecule has 0 saturated heterocycles. The highest BCUT2D eigenvalue weighted by Gasteiger charge is 2.12. The van der Waals surface area contributed by atoms with Gasteiger partial charge in [0.1, 0.15) is 0 Å². The number of ether oxygens (including phenoxy) is 1. The van der Waals surface area contributed by atoms with Crippen molar-refractivity contribution in [2.75, 3.05) is 26.2 Å². The molecular weight excluding hydrogens is 342 g/mol. The maximum atomic E-state index is 11.7. The number of aryl methyl sites for hydroxylation is 1. The van der Waals surface area contributed by atoms with E-state index in [2.05, 4.69) is 34.2 Å². The fraction of sp³-hybridized carbons (Fsp3) is 0.600. The number of tetrazole rings is 1. The first kappa shape index (κ1) is 21.0. The second kappa shape index (κ2) is 11.4. The van der Waals surface area contributed by atoms with E-state index in [-0.39, 0.29) is 5.97 Å². The zero-order valence-electron chi connectivity index (χ0n) is 16.7. The summed E-state index contributed by atoms with van der Waals surface area (Å²) in [5, 5.41) is 12.7. The molecular formula is C20H31N5O2. The van der Waals surface area contributed by atoms with Crippen molar-refractivity contribution < 1.29 is 9.53 Å². The second-order valence-corrected chi connectivity index (χ2v) is 7.07. The van der Waals surface area contributed by atoms with Crippen LogP contribution in [0.15, 0.2) is 30.3 Å². The summed E-state index contributed by atoms with van der Waals surface area (Å²) in [6.07, 6.45) is 3.07. The van der Waals surface area contributed by atoms with Gasteiger partial charge in [0.05, 0.1) is 19.7 Å². The Morgan fingerprint density at radius 2 is 1.96 bits per heavy atom. The zero-order chi connectivity index (χ0) is 19.5. The summed E-state index contributed by atoms with van der Waals surface area (Å²) in [6, 6.07) is 9.87. The minimum absolute atomic E-state index is 0.140. The molecule has 2 rings (SSSR count). The molecule has 0 amide bonds. The van der Waals surface area contributed by atoms with E-state index in [1.807, 2.05) is 37.3 Å². The van der Waals surface area contributed by atoms with Crippen LogP contribution in [0.3, 0.4) is 0 Å². The zero-order valence-corrected chi connectivity index (χ0v) is 16.7. The van der Waals surface area contributed by atoms with Crippen LogP contribution in [0.1, 0.15) is 40.0 Å². The third-order valence-corrected chi connectivity index (χ3v) is 4.10. The monoisotopic (exact) mass is 373 g/mol. The number of hydrogen-bond acceptors (Lipinski definition) is 6. The van der Waals surface area contributed by atoms with Gasteiger partial charge in [-0.15, -0.1) is 10.2 Å². The van der Waals surface area contributed by atoms with Gasteiger partial charge in [0.15, 0.2) is 0 Å². The fourth-order valence-corrected chi connectivity index (χ4v) is 2.95. The van der Waals surface area contributed by atoms with Crippen molar-refractivity contribution in [1.82, 2.24) is 25.1 Å². The number of hydrogen-bond donors (Lipinski definition) is 0. The van der Waals surface area contributed by atoms with Crippen molar-refractivity contribution in [1.29, 1.82) is 0 Å². The summed E-state index contributed by atoms with van der Waals surface area (Å²) in [6.45, 7) is 9.54. The lowest BCUT2D eigenvalue weighted by atomic mass is 10.2. The van der Waals surface area contributed by atoms with Crippen molar-refractivity contribution in [2.24, 2.45) is 5.92 Å². The summed E-state index contributed by atoms with van der Waals surface area (Å²) in [7, 11) is 0. The topological polar surface area (TPSA) is 73.1 Å². The molecule has 0 saturated carbocycles. The van der Waals surface area contributed by atoms with Crippen LogP contribution in [0.2, 0.25) is 0 Å². The lowest BCUT2D eigenvalue weighted by molar-refractivity contribution is -0.144. The molecule has 7 nitrogen and oxygen atoms in total. The second-order valence-electron chi connectivity index (χ2n) is 7.07. The lowest BCUT2D eigenvalue weighted by Gasteiger charge is -2.23. The molecule has 0 aliphatic rings. The maximum absolute atomic E-state index is 11.7. The van der Waals surface area contributed by atoms with Gasteiger partial charge in [-0.2, -0.15) is 4.80 Å². The van der Waals surface area contributed by atoms with E-state index in [4.69, 9.17) is 4.74 Å². The Kier molecular flexibility index (Phi) is 8.91. The molecule has 148 valence electrons. The number of esters is 1. The third kappa shape index (κ3) is 7.86. The predicted octanol–water partition coefficient (Wildman–Crippen LogP) is 3.03. The summed E-state index contributed by atoms with van der Waals surface area (Å²) in [5.41, 5.74) is 0.979. The Labute approximate surface area is 161 Å². The van der Waals surface area contributed by atoms with E-state index >= 15 is 0 Å². The van der Waals surface area contributed by atoms with Crippen molar-refractivity contribution >= 4 is 5.97 Å². The summed E-state index contributed by atoms with van der Waals surface area (Å²) in [4.78, 5) is 15.6. The number of rotatable bonds is 12. The summed E-state index contributed by atoms with van der Waals surface area (Å²) in [5.74, 6) is 1.04. The minimum Gasteiger partial charge on any atom is -0.465 e. The van der Waals surface area contributed by atoms with E-state index < -0.39 is 0 Å². The first-order valence-electron chi connectivity index (χ1n) is 9.79. The highest BCUT2D eigenvalue weighted by molar-refractivity contribution is 5.71. The van der Waals surface area contributed by atoms with Crippen LogP contribution in [0.5, 0.6) is 0 Å². The largest absolute Gasteiger partial charge is 0.465 e. The van der Waals surface area contributed by atoms with Gasteiger partial charge < -0.3 is 4.74 Å². The maximum Gasteiger partial charge on any atom is 0.320 e. The molecule has 0 aliphatic heterocycles. The quantitative estimate of drug-likeness (QED) is 0.421. The van der Waals surface area contributed by atoms with Crippen LogP contribution in [-0.2, 0) is 16.1 Å². The molecule has 1 aromatic heterocycles. The normalized spacial score (nSPS) is 11.3. The number of benzene rings is 1. The Morgan fingerprint density at radius 3 is 2.67 bits per heavy atom. The average molecular weight is 374 g/mol. The van der Waals surface area contributed by atoms with Gasteiger partial charge in [0.25, 0.3) is 0 Å². The van der Waals surface area contributed by atoms with E-state index in [0.717, 1.165) is 44.5 Å². The van der Waals surface area contributed by atoms with E-state index in [0.29, 0.717) is 24.9 Å². The molecule has 0 bridgehead atoms. The molecule has 7 heteroatoms. The van der Waals surface area contributed by atoms with Gasteiger partial charge in [-0.3, -0.25) is 9.69 Å². The van der Waals surface area contributed by atoms with Crippen LogP contribution < -0.4 is 0 Å². The highest BCUT2D eigenvalue weighted by atomic mass is 16.5. The van der Waals surface area contributed by atoms with Gasteiger partial charge in [-0.1, -0.05) is 50.6 Å². The lowest BCUT2D eigenvalue weighted by Crippen LogP contribution is -2.34.